The van der Waals surface area contributed by atoms with E-state index in [-0.39, 0.29) is 10.7 Å². The van der Waals surface area contributed by atoms with Crippen molar-refractivity contribution in [1.29, 1.82) is 0 Å². The second-order valence-electron chi connectivity index (χ2n) is 7.73. The van der Waals surface area contributed by atoms with E-state index in [1.165, 1.54) is 12.1 Å². The minimum atomic E-state index is -1.73. The van der Waals surface area contributed by atoms with Crippen molar-refractivity contribution in [3.63, 3.8) is 0 Å². The second kappa shape index (κ2) is 8.18. The van der Waals surface area contributed by atoms with Gasteiger partial charge in [0.15, 0.2) is 8.32 Å². The van der Waals surface area contributed by atoms with Gasteiger partial charge in [-0.05, 0) is 37.7 Å². The van der Waals surface area contributed by atoms with Crippen LogP contribution in [0.3, 0.4) is 0 Å². The van der Waals surface area contributed by atoms with Crippen molar-refractivity contribution in [2.24, 2.45) is 0 Å². The van der Waals surface area contributed by atoms with E-state index in [2.05, 4.69) is 33.9 Å². The molecule has 136 valence electrons. The molecule has 0 bridgehead atoms. The number of halogens is 1. The first-order valence-corrected chi connectivity index (χ1v) is 11.1. The summed E-state index contributed by atoms with van der Waals surface area (Å²) < 4.78 is 19.9. The Morgan fingerprint density at radius 2 is 1.96 bits per heavy atom. The highest BCUT2D eigenvalue weighted by molar-refractivity contribution is 6.74. The summed E-state index contributed by atoms with van der Waals surface area (Å²) in [4.78, 5) is 12.2. The molecule has 0 amide bonds. The number of benzene rings is 1. The van der Waals surface area contributed by atoms with Crippen molar-refractivity contribution in [1.82, 2.24) is 4.90 Å². The Morgan fingerprint density at radius 3 is 2.50 bits per heavy atom. The number of nitro benzene ring substituents is 1. The molecule has 24 heavy (non-hydrogen) atoms. The zero-order chi connectivity index (χ0) is 18.5. The van der Waals surface area contributed by atoms with E-state index in [1.54, 1.807) is 0 Å². The van der Waals surface area contributed by atoms with E-state index in [4.69, 9.17) is 4.43 Å². The molecule has 0 aliphatic carbocycles. The Balaban J connectivity index is 2.49. The maximum atomic E-state index is 13.8. The van der Waals surface area contributed by atoms with E-state index < -0.39 is 19.1 Å². The lowest BCUT2D eigenvalue weighted by Gasteiger charge is -2.36. The summed E-state index contributed by atoms with van der Waals surface area (Å²) in [5.74, 6) is -0.412. The van der Waals surface area contributed by atoms with E-state index in [0.29, 0.717) is 18.7 Å². The SMILES string of the molecule is CN(CCCO[Si](C)(C)C(C)(C)C)Cc1cc([N+](=O)[O-])ccc1F. The fourth-order valence-electron chi connectivity index (χ4n) is 2.04. The van der Waals surface area contributed by atoms with Crippen LogP contribution in [0, 0.1) is 15.9 Å². The van der Waals surface area contributed by atoms with E-state index in [0.717, 1.165) is 19.0 Å². The summed E-state index contributed by atoms with van der Waals surface area (Å²) in [5, 5.41) is 11.0. The Labute approximate surface area is 145 Å². The van der Waals surface area contributed by atoms with Crippen LogP contribution in [0.5, 0.6) is 0 Å². The van der Waals surface area contributed by atoms with Crippen molar-refractivity contribution in [2.45, 2.75) is 51.9 Å². The summed E-state index contributed by atoms with van der Waals surface area (Å²) in [6.07, 6.45) is 0.847. The largest absolute Gasteiger partial charge is 0.417 e. The van der Waals surface area contributed by atoms with Crippen LogP contribution in [0.15, 0.2) is 18.2 Å². The van der Waals surface area contributed by atoms with Gasteiger partial charge in [0, 0.05) is 37.4 Å². The number of nitro groups is 1. The number of hydrogen-bond acceptors (Lipinski definition) is 4. The first-order valence-electron chi connectivity index (χ1n) is 8.19. The molecule has 0 aliphatic rings. The van der Waals surface area contributed by atoms with Gasteiger partial charge in [0.25, 0.3) is 5.69 Å². The van der Waals surface area contributed by atoms with Gasteiger partial charge in [-0.15, -0.1) is 0 Å². The molecule has 7 heteroatoms. The highest BCUT2D eigenvalue weighted by atomic mass is 28.4. The van der Waals surface area contributed by atoms with Gasteiger partial charge in [0.1, 0.15) is 5.82 Å². The fourth-order valence-corrected chi connectivity index (χ4v) is 3.13. The van der Waals surface area contributed by atoms with Crippen molar-refractivity contribution in [3.8, 4) is 0 Å². The molecule has 0 aliphatic heterocycles. The van der Waals surface area contributed by atoms with Gasteiger partial charge in [-0.2, -0.15) is 0 Å². The second-order valence-corrected chi connectivity index (χ2v) is 12.5. The molecule has 0 atom stereocenters. The Kier molecular flexibility index (Phi) is 7.06. The number of non-ortho nitro benzene ring substituents is 1. The lowest BCUT2D eigenvalue weighted by molar-refractivity contribution is -0.385. The summed E-state index contributed by atoms with van der Waals surface area (Å²) in [6.45, 7) is 12.8. The quantitative estimate of drug-likeness (QED) is 0.296. The number of nitrogens with zero attached hydrogens (tertiary/aromatic N) is 2. The molecule has 0 unspecified atom stereocenters. The van der Waals surface area contributed by atoms with Gasteiger partial charge in [0.2, 0.25) is 0 Å². The van der Waals surface area contributed by atoms with E-state index in [1.807, 2.05) is 11.9 Å². The lowest BCUT2D eigenvalue weighted by atomic mass is 10.1. The van der Waals surface area contributed by atoms with Gasteiger partial charge in [0.05, 0.1) is 4.92 Å². The average molecular weight is 357 g/mol. The monoisotopic (exact) mass is 356 g/mol. The van der Waals surface area contributed by atoms with Crippen LogP contribution < -0.4 is 0 Å². The molecule has 5 nitrogen and oxygen atoms in total. The van der Waals surface area contributed by atoms with Crippen LogP contribution in [0.4, 0.5) is 10.1 Å². The standard InChI is InChI=1S/C17H29FN2O3Si/c1-17(2,3)24(5,6)23-11-7-10-19(4)13-14-12-15(20(21)22)8-9-16(14)18/h8-9,12H,7,10-11,13H2,1-6H3. The normalized spacial score (nSPS) is 12.7. The lowest BCUT2D eigenvalue weighted by Crippen LogP contribution is -2.41. The highest BCUT2D eigenvalue weighted by Gasteiger charge is 2.36. The molecule has 1 aromatic carbocycles. The topological polar surface area (TPSA) is 55.6 Å². The maximum Gasteiger partial charge on any atom is 0.269 e. The Bertz CT molecular complexity index is 573. The average Bonchev–Trinajstić information content (AvgIpc) is 2.44. The van der Waals surface area contributed by atoms with Crippen LogP contribution in [0.1, 0.15) is 32.8 Å². The zero-order valence-electron chi connectivity index (χ0n) is 15.6. The smallest absolute Gasteiger partial charge is 0.269 e. The third kappa shape index (κ3) is 5.96. The molecule has 0 saturated carbocycles. The van der Waals surface area contributed by atoms with Crippen LogP contribution >= 0.6 is 0 Å². The van der Waals surface area contributed by atoms with Gasteiger partial charge >= 0.3 is 0 Å². The Morgan fingerprint density at radius 1 is 1.33 bits per heavy atom. The third-order valence-electron chi connectivity index (χ3n) is 4.63. The van der Waals surface area contributed by atoms with Gasteiger partial charge in [-0.25, -0.2) is 4.39 Å². The van der Waals surface area contributed by atoms with Crippen LogP contribution in [0.25, 0.3) is 0 Å². The van der Waals surface area contributed by atoms with Crippen LogP contribution in [-0.4, -0.2) is 38.3 Å². The van der Waals surface area contributed by atoms with Gasteiger partial charge in [-0.1, -0.05) is 20.8 Å². The van der Waals surface area contributed by atoms with Crippen LogP contribution in [0.2, 0.25) is 18.1 Å². The van der Waals surface area contributed by atoms with Gasteiger partial charge in [-0.3, -0.25) is 10.1 Å². The molecule has 0 saturated heterocycles. The minimum absolute atomic E-state index is 0.0824. The first kappa shape index (κ1) is 20.7. The molecule has 0 fully saturated rings. The molecule has 1 aromatic rings. The predicted molar refractivity (Wildman–Crippen MR) is 97.2 cm³/mol. The van der Waals surface area contributed by atoms with E-state index >= 15 is 0 Å². The minimum Gasteiger partial charge on any atom is -0.417 e. The summed E-state index contributed by atoms with van der Waals surface area (Å²) >= 11 is 0. The van der Waals surface area contributed by atoms with Crippen molar-refractivity contribution in [3.05, 3.63) is 39.7 Å². The van der Waals surface area contributed by atoms with Crippen molar-refractivity contribution >= 4 is 14.0 Å². The van der Waals surface area contributed by atoms with Crippen molar-refractivity contribution in [2.75, 3.05) is 20.2 Å². The Hall–Kier alpha value is -1.31. The zero-order valence-corrected chi connectivity index (χ0v) is 16.6. The predicted octanol–water partition coefficient (Wildman–Crippen LogP) is 4.58. The molecule has 1 rings (SSSR count). The summed E-state index contributed by atoms with van der Waals surface area (Å²) in [7, 11) is 0.146. The maximum absolute atomic E-state index is 13.8. The summed E-state index contributed by atoms with van der Waals surface area (Å²) in [6, 6.07) is 3.64. The molecule has 0 heterocycles. The van der Waals surface area contributed by atoms with E-state index in [9.17, 15) is 14.5 Å². The number of hydrogen-bond donors (Lipinski definition) is 0. The molecule has 0 spiro atoms. The molecule has 0 N–H and O–H groups in total. The molecule has 0 aromatic heterocycles. The highest BCUT2D eigenvalue weighted by Crippen LogP contribution is 2.36. The van der Waals surface area contributed by atoms with Crippen molar-refractivity contribution < 1.29 is 13.7 Å². The third-order valence-corrected chi connectivity index (χ3v) is 9.17. The molecule has 0 radical (unpaired) electrons. The molecular weight excluding hydrogens is 327 g/mol. The molecular formula is C17H29FN2O3Si. The first-order chi connectivity index (χ1) is 10.9. The van der Waals surface area contributed by atoms with Gasteiger partial charge < -0.3 is 9.33 Å². The fraction of sp³-hybridized carbons (Fsp3) is 0.647. The number of rotatable bonds is 8. The van der Waals surface area contributed by atoms with Crippen LogP contribution in [-0.2, 0) is 11.0 Å². The summed E-state index contributed by atoms with van der Waals surface area (Å²) in [5.41, 5.74) is 0.262.